The first kappa shape index (κ1) is 20.4. The Balaban J connectivity index is 1.67. The molecule has 0 aromatic heterocycles. The molecule has 3 heteroatoms. The van der Waals surface area contributed by atoms with Gasteiger partial charge in [0.05, 0.1) is 6.04 Å². The Morgan fingerprint density at radius 1 is 0.964 bits per heavy atom. The molecule has 2 atom stereocenters. The lowest BCUT2D eigenvalue weighted by Gasteiger charge is -2.24. The van der Waals surface area contributed by atoms with Gasteiger partial charge in [-0.05, 0) is 79.3 Å². The van der Waals surface area contributed by atoms with Crippen LogP contribution in [0.4, 0.5) is 0 Å². The number of amides is 1. The smallest absolute Gasteiger partial charge is 0.261 e. The van der Waals surface area contributed by atoms with Crippen LogP contribution in [0.25, 0.3) is 0 Å². The minimum atomic E-state index is -0.473. The van der Waals surface area contributed by atoms with Crippen molar-refractivity contribution in [3.8, 4) is 5.75 Å². The second kappa shape index (κ2) is 9.77. The fourth-order valence-corrected chi connectivity index (χ4v) is 3.95. The van der Waals surface area contributed by atoms with Gasteiger partial charge in [-0.2, -0.15) is 0 Å². The number of rotatable bonds is 8. The third-order valence-electron chi connectivity index (χ3n) is 5.77. The molecule has 1 amide bonds. The Morgan fingerprint density at radius 2 is 1.68 bits per heavy atom. The number of nitrogens with one attached hydrogen (secondary N) is 1. The lowest BCUT2D eigenvalue weighted by atomic mass is 9.88. The molecule has 2 aromatic rings. The molecule has 0 unspecified atom stereocenters. The first-order valence-corrected chi connectivity index (χ1v) is 10.8. The van der Waals surface area contributed by atoms with Crippen LogP contribution in [0.1, 0.15) is 74.8 Å². The number of carbonyl (C=O) groups excluding carboxylic acids is 1. The lowest BCUT2D eigenvalue weighted by Crippen LogP contribution is -2.40. The van der Waals surface area contributed by atoms with Gasteiger partial charge in [-0.3, -0.25) is 4.79 Å². The van der Waals surface area contributed by atoms with Crippen LogP contribution in [0.2, 0.25) is 0 Å². The Bertz CT molecular complexity index is 782. The van der Waals surface area contributed by atoms with Gasteiger partial charge < -0.3 is 10.1 Å². The summed E-state index contributed by atoms with van der Waals surface area (Å²) >= 11 is 0. The van der Waals surface area contributed by atoms with Crippen LogP contribution in [0, 0.1) is 0 Å². The molecule has 0 saturated carbocycles. The fourth-order valence-electron chi connectivity index (χ4n) is 3.95. The number of aryl methyl sites for hydroxylation is 3. The molecule has 3 nitrogen and oxygen atoms in total. The molecule has 0 aliphatic heterocycles. The maximum atomic E-state index is 12.9. The van der Waals surface area contributed by atoms with Gasteiger partial charge >= 0.3 is 0 Å². The Labute approximate surface area is 169 Å². The quantitative estimate of drug-likeness (QED) is 0.653. The summed E-state index contributed by atoms with van der Waals surface area (Å²) in [4.78, 5) is 12.9. The van der Waals surface area contributed by atoms with Crippen molar-refractivity contribution in [2.24, 2.45) is 0 Å². The summed E-state index contributed by atoms with van der Waals surface area (Å²) in [6, 6.07) is 14.8. The van der Waals surface area contributed by atoms with Crippen LogP contribution in [-0.4, -0.2) is 12.0 Å². The summed E-state index contributed by atoms with van der Waals surface area (Å²) in [6.07, 6.45) is 6.92. The third-order valence-corrected chi connectivity index (χ3v) is 5.77. The number of hydrogen-bond donors (Lipinski definition) is 1. The summed E-state index contributed by atoms with van der Waals surface area (Å²) in [5.41, 5.74) is 5.40. The molecule has 1 aliphatic carbocycles. The van der Waals surface area contributed by atoms with Gasteiger partial charge in [0.2, 0.25) is 0 Å². The van der Waals surface area contributed by atoms with Gasteiger partial charge in [-0.1, -0.05) is 51.1 Å². The van der Waals surface area contributed by atoms with E-state index in [1.54, 1.807) is 0 Å². The van der Waals surface area contributed by atoms with Crippen molar-refractivity contribution in [2.45, 2.75) is 77.9 Å². The molecule has 2 aromatic carbocycles. The number of fused-ring (bicyclic) bond motifs is 1. The van der Waals surface area contributed by atoms with E-state index in [1.807, 2.05) is 19.1 Å². The van der Waals surface area contributed by atoms with E-state index >= 15 is 0 Å². The van der Waals surface area contributed by atoms with Crippen LogP contribution < -0.4 is 10.1 Å². The van der Waals surface area contributed by atoms with Gasteiger partial charge in [-0.15, -0.1) is 0 Å². The van der Waals surface area contributed by atoms with E-state index in [-0.39, 0.29) is 11.9 Å². The molecule has 0 fully saturated rings. The van der Waals surface area contributed by atoms with E-state index in [0.717, 1.165) is 25.0 Å². The van der Waals surface area contributed by atoms with Crippen LogP contribution >= 0.6 is 0 Å². The standard InChI is InChI=1S/C25H33NO2/c1-4-18-11-15-22(16-12-18)28-24(6-3)25(27)26-23(5-2)21-14-13-19-9-7-8-10-20(19)17-21/h11-17,23-24H,4-10H2,1-3H3,(H,26,27)/t23-,24-/m1/s1. The molecule has 3 rings (SSSR count). The zero-order valence-electron chi connectivity index (χ0n) is 17.5. The van der Waals surface area contributed by atoms with Gasteiger partial charge in [0.1, 0.15) is 5.75 Å². The first-order valence-electron chi connectivity index (χ1n) is 10.8. The Hall–Kier alpha value is -2.29. The molecule has 28 heavy (non-hydrogen) atoms. The number of carbonyl (C=O) groups is 1. The average Bonchev–Trinajstić information content (AvgIpc) is 2.75. The predicted molar refractivity (Wildman–Crippen MR) is 115 cm³/mol. The van der Waals surface area contributed by atoms with E-state index in [9.17, 15) is 4.79 Å². The highest BCUT2D eigenvalue weighted by molar-refractivity contribution is 5.81. The average molecular weight is 380 g/mol. The predicted octanol–water partition coefficient (Wildman–Crippen LogP) is 5.55. The zero-order chi connectivity index (χ0) is 19.9. The highest BCUT2D eigenvalue weighted by Crippen LogP contribution is 2.26. The molecule has 1 aliphatic rings. The van der Waals surface area contributed by atoms with Crippen molar-refractivity contribution < 1.29 is 9.53 Å². The molecular formula is C25H33NO2. The molecule has 0 bridgehead atoms. The second-order valence-electron chi connectivity index (χ2n) is 7.72. The monoisotopic (exact) mass is 379 g/mol. The van der Waals surface area contributed by atoms with Crippen LogP contribution in [-0.2, 0) is 24.1 Å². The molecule has 150 valence electrons. The highest BCUT2D eigenvalue weighted by Gasteiger charge is 2.22. The minimum absolute atomic E-state index is 0.0276. The summed E-state index contributed by atoms with van der Waals surface area (Å²) < 4.78 is 5.98. The van der Waals surface area contributed by atoms with Crippen LogP contribution in [0.3, 0.4) is 0 Å². The van der Waals surface area contributed by atoms with Crippen molar-refractivity contribution >= 4 is 5.91 Å². The van der Waals surface area contributed by atoms with Crippen molar-refractivity contribution in [1.82, 2.24) is 5.32 Å². The normalized spacial score (nSPS) is 15.4. The minimum Gasteiger partial charge on any atom is -0.481 e. The summed E-state index contributed by atoms with van der Waals surface area (Å²) in [7, 11) is 0. The summed E-state index contributed by atoms with van der Waals surface area (Å²) in [5, 5.41) is 3.22. The number of benzene rings is 2. The van der Waals surface area contributed by atoms with Gasteiger partial charge in [0, 0.05) is 0 Å². The van der Waals surface area contributed by atoms with E-state index < -0.39 is 6.10 Å². The maximum absolute atomic E-state index is 12.9. The van der Waals surface area contributed by atoms with Crippen LogP contribution in [0.5, 0.6) is 5.75 Å². The molecule has 0 saturated heterocycles. The number of hydrogen-bond acceptors (Lipinski definition) is 2. The van der Waals surface area contributed by atoms with E-state index in [4.69, 9.17) is 4.74 Å². The van der Waals surface area contributed by atoms with Crippen molar-refractivity contribution in [3.63, 3.8) is 0 Å². The van der Waals surface area contributed by atoms with Crippen LogP contribution in [0.15, 0.2) is 42.5 Å². The van der Waals surface area contributed by atoms with Gasteiger partial charge in [0.15, 0.2) is 6.10 Å². The Morgan fingerprint density at radius 3 is 2.32 bits per heavy atom. The van der Waals surface area contributed by atoms with Gasteiger partial charge in [-0.25, -0.2) is 0 Å². The first-order chi connectivity index (χ1) is 13.6. The van der Waals surface area contributed by atoms with Crippen molar-refractivity contribution in [2.75, 3.05) is 0 Å². The molecule has 0 spiro atoms. The lowest BCUT2D eigenvalue weighted by molar-refractivity contribution is -0.128. The largest absolute Gasteiger partial charge is 0.481 e. The summed E-state index contributed by atoms with van der Waals surface area (Å²) in [5.74, 6) is 0.715. The third kappa shape index (κ3) is 4.95. The van der Waals surface area contributed by atoms with E-state index in [0.29, 0.717) is 6.42 Å². The SMILES string of the molecule is CCc1ccc(O[C@H](CC)C(=O)N[C@H](CC)c2ccc3c(c2)CCCC3)cc1. The highest BCUT2D eigenvalue weighted by atomic mass is 16.5. The van der Waals surface area contributed by atoms with Gasteiger partial charge in [0.25, 0.3) is 5.91 Å². The number of ether oxygens (including phenoxy) is 1. The zero-order valence-corrected chi connectivity index (χ0v) is 17.5. The van der Waals surface area contributed by atoms with Crippen molar-refractivity contribution in [3.05, 3.63) is 64.7 Å². The Kier molecular flexibility index (Phi) is 7.13. The summed E-state index contributed by atoms with van der Waals surface area (Å²) in [6.45, 7) is 6.24. The molecular weight excluding hydrogens is 346 g/mol. The maximum Gasteiger partial charge on any atom is 0.261 e. The van der Waals surface area contributed by atoms with E-state index in [1.165, 1.54) is 41.5 Å². The molecule has 0 radical (unpaired) electrons. The topological polar surface area (TPSA) is 38.3 Å². The second-order valence-corrected chi connectivity index (χ2v) is 7.72. The van der Waals surface area contributed by atoms with E-state index in [2.05, 4.69) is 49.5 Å². The molecule has 0 heterocycles. The van der Waals surface area contributed by atoms with Crippen molar-refractivity contribution in [1.29, 1.82) is 0 Å². The molecule has 1 N–H and O–H groups in total. The fraction of sp³-hybridized carbons (Fsp3) is 0.480.